The molecule has 1 amide bonds. The highest BCUT2D eigenvalue weighted by Gasteiger charge is 2.11. The van der Waals surface area contributed by atoms with Gasteiger partial charge in [-0.05, 0) is 54.1 Å². The lowest BCUT2D eigenvalue weighted by Gasteiger charge is -2.12. The van der Waals surface area contributed by atoms with Crippen molar-refractivity contribution in [2.45, 2.75) is 20.4 Å². The van der Waals surface area contributed by atoms with Gasteiger partial charge in [0.2, 0.25) is 5.91 Å². The van der Waals surface area contributed by atoms with E-state index in [2.05, 4.69) is 10.3 Å². The summed E-state index contributed by atoms with van der Waals surface area (Å²) in [6.45, 7) is 3.44. The van der Waals surface area contributed by atoms with Crippen LogP contribution in [-0.2, 0) is 11.3 Å². The van der Waals surface area contributed by atoms with Crippen molar-refractivity contribution >= 4 is 39.9 Å². The molecule has 1 aromatic heterocycles. The first-order chi connectivity index (χ1) is 9.90. The van der Waals surface area contributed by atoms with Crippen LogP contribution in [0.3, 0.4) is 0 Å². The number of halogens is 1. The third kappa shape index (κ3) is 3.41. The first kappa shape index (κ1) is 15.5. The van der Waals surface area contributed by atoms with Gasteiger partial charge in [-0.3, -0.25) is 14.2 Å². The number of benzene rings is 1. The van der Waals surface area contributed by atoms with Crippen molar-refractivity contribution in [2.75, 3.05) is 11.1 Å². The van der Waals surface area contributed by atoms with Crippen molar-refractivity contribution in [1.29, 1.82) is 0 Å². The van der Waals surface area contributed by atoms with Gasteiger partial charge in [-0.1, -0.05) is 6.07 Å². The van der Waals surface area contributed by atoms with Crippen molar-refractivity contribution in [1.82, 2.24) is 9.55 Å². The number of carbonyl (C=O) groups excluding carboxylic acids is 1. The fourth-order valence-electron chi connectivity index (χ4n) is 1.86. The molecule has 0 bridgehead atoms. The van der Waals surface area contributed by atoms with E-state index in [9.17, 15) is 9.59 Å². The van der Waals surface area contributed by atoms with Crippen LogP contribution >= 0.6 is 22.6 Å². The summed E-state index contributed by atoms with van der Waals surface area (Å²) in [6.07, 6.45) is 1.49. The Morgan fingerprint density at radius 1 is 1.43 bits per heavy atom. The summed E-state index contributed by atoms with van der Waals surface area (Å²) >= 11 is 1.90. The van der Waals surface area contributed by atoms with E-state index in [1.165, 1.54) is 10.8 Å². The number of rotatable bonds is 3. The maximum absolute atomic E-state index is 12.1. The Bertz CT molecular complexity index is 755. The Labute approximate surface area is 135 Å². The van der Waals surface area contributed by atoms with Gasteiger partial charge >= 0.3 is 0 Å². The molecule has 0 atom stereocenters. The Balaban J connectivity index is 2.22. The minimum absolute atomic E-state index is 0.0806. The van der Waals surface area contributed by atoms with E-state index in [0.717, 1.165) is 5.56 Å². The molecular formula is C14H15IN4O2. The summed E-state index contributed by atoms with van der Waals surface area (Å²) in [5.74, 6) is 0.206. The Morgan fingerprint density at radius 2 is 2.14 bits per heavy atom. The summed E-state index contributed by atoms with van der Waals surface area (Å²) < 4.78 is 1.82. The van der Waals surface area contributed by atoms with Gasteiger partial charge in [-0.2, -0.15) is 0 Å². The summed E-state index contributed by atoms with van der Waals surface area (Å²) in [5.41, 5.74) is 7.63. The van der Waals surface area contributed by atoms with Crippen molar-refractivity contribution in [2.24, 2.45) is 0 Å². The van der Waals surface area contributed by atoms with E-state index in [4.69, 9.17) is 5.73 Å². The van der Waals surface area contributed by atoms with E-state index in [-0.39, 0.29) is 18.0 Å². The number of nitrogens with two attached hydrogens (primary N) is 1. The molecule has 2 aromatic rings. The Kier molecular flexibility index (Phi) is 4.61. The number of nitrogens with one attached hydrogen (secondary N) is 1. The largest absolute Gasteiger partial charge is 0.398 e. The molecule has 0 unspecified atom stereocenters. The van der Waals surface area contributed by atoms with E-state index < -0.39 is 0 Å². The SMILES string of the molecule is Cc1c(N)cccc1NC(=O)Cn1c(C)ncc(I)c1=O. The zero-order valence-electron chi connectivity index (χ0n) is 11.7. The third-order valence-corrected chi connectivity index (χ3v) is 3.90. The van der Waals surface area contributed by atoms with Gasteiger partial charge in [0.15, 0.2) is 0 Å². The fraction of sp³-hybridized carbons (Fsp3) is 0.214. The second-order valence-corrected chi connectivity index (χ2v) is 5.77. The van der Waals surface area contributed by atoms with Gasteiger partial charge in [0, 0.05) is 17.6 Å². The van der Waals surface area contributed by atoms with E-state index in [0.29, 0.717) is 20.8 Å². The molecule has 0 aliphatic carbocycles. The zero-order chi connectivity index (χ0) is 15.6. The fourth-order valence-corrected chi connectivity index (χ4v) is 2.29. The quantitative estimate of drug-likeness (QED) is 0.608. The second-order valence-electron chi connectivity index (χ2n) is 4.61. The van der Waals surface area contributed by atoms with Gasteiger partial charge < -0.3 is 11.1 Å². The highest BCUT2D eigenvalue weighted by molar-refractivity contribution is 14.1. The molecule has 0 saturated heterocycles. The normalized spacial score (nSPS) is 10.4. The monoisotopic (exact) mass is 398 g/mol. The third-order valence-electron chi connectivity index (χ3n) is 3.16. The lowest BCUT2D eigenvalue weighted by Crippen LogP contribution is -2.31. The minimum atomic E-state index is -0.294. The molecule has 2 rings (SSSR count). The van der Waals surface area contributed by atoms with Crippen LogP contribution in [0.4, 0.5) is 11.4 Å². The van der Waals surface area contributed by atoms with Crippen LogP contribution in [0.25, 0.3) is 0 Å². The molecule has 1 heterocycles. The van der Waals surface area contributed by atoms with Crippen molar-refractivity contribution in [3.05, 3.63) is 49.7 Å². The Morgan fingerprint density at radius 3 is 2.86 bits per heavy atom. The topological polar surface area (TPSA) is 90.0 Å². The number of nitrogen functional groups attached to an aromatic ring is 1. The van der Waals surface area contributed by atoms with E-state index in [1.54, 1.807) is 25.1 Å². The van der Waals surface area contributed by atoms with E-state index >= 15 is 0 Å². The van der Waals surface area contributed by atoms with Gasteiger partial charge in [0.05, 0.1) is 3.57 Å². The zero-order valence-corrected chi connectivity index (χ0v) is 13.8. The van der Waals surface area contributed by atoms with Crippen LogP contribution in [0.2, 0.25) is 0 Å². The molecule has 7 heteroatoms. The minimum Gasteiger partial charge on any atom is -0.398 e. The van der Waals surface area contributed by atoms with Crippen LogP contribution in [0, 0.1) is 17.4 Å². The van der Waals surface area contributed by atoms with Crippen LogP contribution in [-0.4, -0.2) is 15.5 Å². The van der Waals surface area contributed by atoms with Gasteiger partial charge in [-0.25, -0.2) is 4.98 Å². The number of aromatic nitrogens is 2. The first-order valence-electron chi connectivity index (χ1n) is 6.27. The average molecular weight is 398 g/mol. The summed E-state index contributed by atoms with van der Waals surface area (Å²) in [6, 6.07) is 5.30. The molecule has 110 valence electrons. The van der Waals surface area contributed by atoms with Crippen LogP contribution in [0.15, 0.2) is 29.2 Å². The number of hydrogen-bond acceptors (Lipinski definition) is 4. The van der Waals surface area contributed by atoms with Gasteiger partial charge in [-0.15, -0.1) is 0 Å². The predicted molar refractivity (Wildman–Crippen MR) is 90.2 cm³/mol. The molecule has 0 aliphatic rings. The van der Waals surface area contributed by atoms with Crippen molar-refractivity contribution in [3.8, 4) is 0 Å². The number of carbonyl (C=O) groups is 1. The maximum atomic E-state index is 12.1. The summed E-state index contributed by atoms with van der Waals surface area (Å²) in [5, 5.41) is 2.76. The average Bonchev–Trinajstić information content (AvgIpc) is 2.44. The molecule has 0 spiro atoms. The molecule has 0 fully saturated rings. The first-order valence-corrected chi connectivity index (χ1v) is 7.35. The van der Waals surface area contributed by atoms with Gasteiger partial charge in [0.25, 0.3) is 5.56 Å². The molecule has 0 radical (unpaired) electrons. The molecule has 0 aliphatic heterocycles. The summed E-state index contributed by atoms with van der Waals surface area (Å²) in [7, 11) is 0. The highest BCUT2D eigenvalue weighted by Crippen LogP contribution is 2.20. The highest BCUT2D eigenvalue weighted by atomic mass is 127. The number of nitrogens with zero attached hydrogens (tertiary/aromatic N) is 2. The lowest BCUT2D eigenvalue weighted by atomic mass is 10.1. The number of anilines is 2. The molecule has 0 saturated carbocycles. The predicted octanol–water partition coefficient (Wildman–Crippen LogP) is 1.69. The standard InChI is InChI=1S/C14H15IN4O2/c1-8-11(16)4-3-5-12(8)18-13(20)7-19-9(2)17-6-10(15)14(19)21/h3-6H,7,16H2,1-2H3,(H,18,20). The number of aryl methyl sites for hydroxylation is 1. The van der Waals surface area contributed by atoms with E-state index in [1.807, 2.05) is 29.5 Å². The lowest BCUT2D eigenvalue weighted by molar-refractivity contribution is -0.116. The van der Waals surface area contributed by atoms with Crippen molar-refractivity contribution in [3.63, 3.8) is 0 Å². The number of hydrogen-bond donors (Lipinski definition) is 2. The molecule has 3 N–H and O–H groups in total. The molecular weight excluding hydrogens is 383 g/mol. The summed E-state index contributed by atoms with van der Waals surface area (Å²) in [4.78, 5) is 28.2. The van der Waals surface area contributed by atoms with Gasteiger partial charge in [0.1, 0.15) is 12.4 Å². The maximum Gasteiger partial charge on any atom is 0.267 e. The Hall–Kier alpha value is -1.90. The smallest absolute Gasteiger partial charge is 0.267 e. The van der Waals surface area contributed by atoms with Crippen molar-refractivity contribution < 1.29 is 4.79 Å². The van der Waals surface area contributed by atoms with Crippen LogP contribution < -0.4 is 16.6 Å². The molecule has 6 nitrogen and oxygen atoms in total. The van der Waals surface area contributed by atoms with Crippen LogP contribution in [0.1, 0.15) is 11.4 Å². The second kappa shape index (κ2) is 6.25. The molecule has 21 heavy (non-hydrogen) atoms. The number of amides is 1. The van der Waals surface area contributed by atoms with Crippen LogP contribution in [0.5, 0.6) is 0 Å². The molecule has 1 aromatic carbocycles.